The molecule has 0 saturated carbocycles. The molecule has 2 rings (SSSR count). The second-order valence-corrected chi connectivity index (χ2v) is 5.20. The highest BCUT2D eigenvalue weighted by atomic mass is 16.5. The van der Waals surface area contributed by atoms with E-state index in [1.165, 1.54) is 14.2 Å². The van der Waals surface area contributed by atoms with E-state index in [0.29, 0.717) is 22.6 Å². The summed E-state index contributed by atoms with van der Waals surface area (Å²) in [6, 6.07) is 13.2. The third-order valence-corrected chi connectivity index (χ3v) is 3.50. The van der Waals surface area contributed by atoms with E-state index in [2.05, 4.69) is 5.32 Å². The summed E-state index contributed by atoms with van der Waals surface area (Å²) in [6.45, 7) is -0.788. The summed E-state index contributed by atoms with van der Waals surface area (Å²) in [5.41, 5.74) is 0.672. The van der Waals surface area contributed by atoms with Crippen LogP contribution in [-0.2, 0) is 9.53 Å². The lowest BCUT2D eigenvalue weighted by atomic mass is 10.1. The van der Waals surface area contributed by atoms with Gasteiger partial charge in [-0.3, -0.25) is 14.4 Å². The first-order valence-electron chi connectivity index (χ1n) is 7.79. The van der Waals surface area contributed by atoms with Crippen LogP contribution in [0.4, 0.5) is 0 Å². The van der Waals surface area contributed by atoms with Gasteiger partial charge in [-0.2, -0.15) is 0 Å². The fourth-order valence-electron chi connectivity index (χ4n) is 2.17. The molecule has 7 heteroatoms. The molecule has 0 atom stereocenters. The third-order valence-electron chi connectivity index (χ3n) is 3.50. The lowest BCUT2D eigenvalue weighted by Gasteiger charge is -2.09. The highest BCUT2D eigenvalue weighted by molar-refractivity contribution is 6.00. The largest absolute Gasteiger partial charge is 0.497 e. The van der Waals surface area contributed by atoms with Gasteiger partial charge in [0.2, 0.25) is 5.78 Å². The SMILES string of the molecule is COc1cccc(C(=O)NCC(=O)OCC(=O)c2ccccc2OC)c1. The Morgan fingerprint density at radius 1 is 0.962 bits per heavy atom. The Bertz CT molecular complexity index is 802. The number of nitrogens with one attached hydrogen (secondary N) is 1. The van der Waals surface area contributed by atoms with Gasteiger partial charge in [-0.1, -0.05) is 18.2 Å². The van der Waals surface area contributed by atoms with Crippen molar-refractivity contribution in [2.45, 2.75) is 0 Å². The number of carbonyl (C=O) groups excluding carboxylic acids is 3. The predicted octanol–water partition coefficient (Wildman–Crippen LogP) is 1.86. The van der Waals surface area contributed by atoms with Crippen LogP contribution in [0.1, 0.15) is 20.7 Å². The van der Waals surface area contributed by atoms with Crippen molar-refractivity contribution in [1.29, 1.82) is 0 Å². The first kappa shape index (κ1) is 19.0. The molecule has 0 aliphatic rings. The van der Waals surface area contributed by atoms with Gasteiger partial charge in [0, 0.05) is 5.56 Å². The zero-order valence-corrected chi connectivity index (χ0v) is 14.5. The van der Waals surface area contributed by atoms with E-state index < -0.39 is 24.3 Å². The minimum absolute atomic E-state index is 0.322. The van der Waals surface area contributed by atoms with E-state index >= 15 is 0 Å². The van der Waals surface area contributed by atoms with Crippen LogP contribution in [0.2, 0.25) is 0 Å². The number of amides is 1. The van der Waals surface area contributed by atoms with Gasteiger partial charge < -0.3 is 19.5 Å². The molecule has 0 radical (unpaired) electrons. The Labute approximate surface area is 150 Å². The summed E-state index contributed by atoms with van der Waals surface area (Å²) < 4.78 is 15.0. The minimum Gasteiger partial charge on any atom is -0.497 e. The van der Waals surface area contributed by atoms with Crippen LogP contribution in [0.5, 0.6) is 11.5 Å². The molecule has 7 nitrogen and oxygen atoms in total. The molecule has 0 aromatic heterocycles. The Kier molecular flexibility index (Phi) is 6.73. The molecule has 0 heterocycles. The smallest absolute Gasteiger partial charge is 0.325 e. The van der Waals surface area contributed by atoms with Crippen LogP contribution >= 0.6 is 0 Å². The number of ketones is 1. The minimum atomic E-state index is -0.718. The quantitative estimate of drug-likeness (QED) is 0.573. The van der Waals surface area contributed by atoms with Crippen LogP contribution < -0.4 is 14.8 Å². The summed E-state index contributed by atoms with van der Waals surface area (Å²) in [5, 5.41) is 2.43. The van der Waals surface area contributed by atoms with Crippen molar-refractivity contribution in [3.63, 3.8) is 0 Å². The zero-order valence-electron chi connectivity index (χ0n) is 14.5. The summed E-state index contributed by atoms with van der Waals surface area (Å²) in [5.74, 6) is -0.626. The Morgan fingerprint density at radius 3 is 2.46 bits per heavy atom. The lowest BCUT2D eigenvalue weighted by molar-refractivity contribution is -0.141. The van der Waals surface area contributed by atoms with Gasteiger partial charge in [0.25, 0.3) is 5.91 Å². The number of hydrogen-bond donors (Lipinski definition) is 1. The van der Waals surface area contributed by atoms with Crippen molar-refractivity contribution in [2.24, 2.45) is 0 Å². The fraction of sp³-hybridized carbons (Fsp3) is 0.211. The zero-order chi connectivity index (χ0) is 18.9. The molecular weight excluding hydrogens is 338 g/mol. The number of para-hydroxylation sites is 1. The second-order valence-electron chi connectivity index (χ2n) is 5.20. The molecule has 0 unspecified atom stereocenters. The molecule has 2 aromatic carbocycles. The molecule has 0 aliphatic heterocycles. The van der Waals surface area contributed by atoms with Gasteiger partial charge in [-0.05, 0) is 30.3 Å². The first-order chi connectivity index (χ1) is 12.5. The number of methoxy groups -OCH3 is 2. The number of Topliss-reactive ketones (excluding diaryl/α,β-unsaturated/α-hetero) is 1. The van der Waals surface area contributed by atoms with Gasteiger partial charge >= 0.3 is 5.97 Å². The fourth-order valence-corrected chi connectivity index (χ4v) is 2.17. The number of rotatable bonds is 8. The summed E-state index contributed by atoms with van der Waals surface area (Å²) in [6.07, 6.45) is 0. The Morgan fingerprint density at radius 2 is 1.73 bits per heavy atom. The number of benzene rings is 2. The molecule has 0 fully saturated rings. The van der Waals surface area contributed by atoms with Crippen LogP contribution in [0.15, 0.2) is 48.5 Å². The maximum Gasteiger partial charge on any atom is 0.325 e. The monoisotopic (exact) mass is 357 g/mol. The second kappa shape index (κ2) is 9.22. The third kappa shape index (κ3) is 5.07. The summed E-state index contributed by atoms with van der Waals surface area (Å²) >= 11 is 0. The molecule has 1 N–H and O–H groups in total. The Balaban J connectivity index is 1.83. The first-order valence-corrected chi connectivity index (χ1v) is 7.79. The topological polar surface area (TPSA) is 90.9 Å². The summed E-state index contributed by atoms with van der Waals surface area (Å²) in [4.78, 5) is 35.9. The number of hydrogen-bond acceptors (Lipinski definition) is 6. The molecule has 0 bridgehead atoms. The van der Waals surface area contributed by atoms with Crippen molar-refractivity contribution >= 4 is 17.7 Å². The van der Waals surface area contributed by atoms with Crippen LogP contribution in [0.3, 0.4) is 0 Å². The van der Waals surface area contributed by atoms with Crippen molar-refractivity contribution in [2.75, 3.05) is 27.4 Å². The molecule has 0 aliphatic carbocycles. The van der Waals surface area contributed by atoms with Crippen LogP contribution in [-0.4, -0.2) is 45.0 Å². The van der Waals surface area contributed by atoms with Gasteiger partial charge in [0.05, 0.1) is 19.8 Å². The van der Waals surface area contributed by atoms with Crippen molar-refractivity contribution < 1.29 is 28.6 Å². The van der Waals surface area contributed by atoms with E-state index in [0.717, 1.165) is 0 Å². The molecule has 136 valence electrons. The van der Waals surface area contributed by atoms with E-state index in [1.54, 1.807) is 48.5 Å². The molecule has 1 amide bonds. The maximum absolute atomic E-state index is 12.1. The van der Waals surface area contributed by atoms with Crippen molar-refractivity contribution in [3.05, 3.63) is 59.7 Å². The van der Waals surface area contributed by atoms with Gasteiger partial charge in [-0.15, -0.1) is 0 Å². The number of ether oxygens (including phenoxy) is 3. The lowest BCUT2D eigenvalue weighted by Crippen LogP contribution is -2.31. The standard InChI is InChI=1S/C19H19NO6/c1-24-14-7-5-6-13(10-14)19(23)20-11-18(22)26-12-16(21)15-8-3-4-9-17(15)25-2/h3-10H,11-12H2,1-2H3,(H,20,23). The highest BCUT2D eigenvalue weighted by Gasteiger charge is 2.15. The normalized spacial score (nSPS) is 9.92. The molecule has 0 spiro atoms. The van der Waals surface area contributed by atoms with Gasteiger partial charge in [-0.25, -0.2) is 0 Å². The molecule has 0 saturated heterocycles. The Hall–Kier alpha value is -3.35. The average molecular weight is 357 g/mol. The van der Waals surface area contributed by atoms with Crippen LogP contribution in [0.25, 0.3) is 0 Å². The summed E-state index contributed by atoms with van der Waals surface area (Å²) in [7, 11) is 2.94. The van der Waals surface area contributed by atoms with E-state index in [1.807, 2.05) is 0 Å². The van der Waals surface area contributed by atoms with E-state index in [9.17, 15) is 14.4 Å². The van der Waals surface area contributed by atoms with Crippen molar-refractivity contribution in [1.82, 2.24) is 5.32 Å². The number of esters is 1. The van der Waals surface area contributed by atoms with E-state index in [-0.39, 0.29) is 6.54 Å². The highest BCUT2D eigenvalue weighted by Crippen LogP contribution is 2.17. The van der Waals surface area contributed by atoms with E-state index in [4.69, 9.17) is 14.2 Å². The predicted molar refractivity (Wildman–Crippen MR) is 93.6 cm³/mol. The average Bonchev–Trinajstić information content (AvgIpc) is 2.70. The van der Waals surface area contributed by atoms with Crippen LogP contribution in [0, 0.1) is 0 Å². The molecule has 26 heavy (non-hydrogen) atoms. The van der Waals surface area contributed by atoms with Gasteiger partial charge in [0.1, 0.15) is 18.0 Å². The molecular formula is C19H19NO6. The van der Waals surface area contributed by atoms with Crippen molar-refractivity contribution in [3.8, 4) is 11.5 Å². The maximum atomic E-state index is 12.1. The molecule has 2 aromatic rings. The number of carbonyl (C=O) groups is 3. The van der Waals surface area contributed by atoms with Gasteiger partial charge in [0.15, 0.2) is 6.61 Å².